The summed E-state index contributed by atoms with van der Waals surface area (Å²) in [6.45, 7) is 7.01. The van der Waals surface area contributed by atoms with Gasteiger partial charge in [-0.15, -0.1) is 11.3 Å². The van der Waals surface area contributed by atoms with Crippen molar-refractivity contribution in [3.8, 4) is 0 Å². The van der Waals surface area contributed by atoms with Crippen LogP contribution in [-0.2, 0) is 23.2 Å². The molecule has 5 nitrogen and oxygen atoms in total. The molecule has 1 N–H and O–H groups in total. The van der Waals surface area contributed by atoms with Crippen LogP contribution in [0, 0.1) is 0 Å². The van der Waals surface area contributed by atoms with Gasteiger partial charge in [-0.05, 0) is 45.1 Å². The summed E-state index contributed by atoms with van der Waals surface area (Å²) < 4.78 is 1.39. The minimum absolute atomic E-state index is 0.0233. The van der Waals surface area contributed by atoms with E-state index in [9.17, 15) is 14.7 Å². The fourth-order valence-corrected chi connectivity index (χ4v) is 4.50. The van der Waals surface area contributed by atoms with Crippen LogP contribution in [0.25, 0.3) is 10.2 Å². The maximum Gasteiger partial charge on any atom is 0.329 e. The van der Waals surface area contributed by atoms with Gasteiger partial charge in [-0.25, -0.2) is 9.78 Å². The minimum Gasteiger partial charge on any atom is -0.480 e. The van der Waals surface area contributed by atoms with Gasteiger partial charge in [0.05, 0.1) is 5.39 Å². The van der Waals surface area contributed by atoms with Crippen molar-refractivity contribution in [1.82, 2.24) is 9.55 Å². The Hall–Kier alpha value is -1.69. The van der Waals surface area contributed by atoms with Gasteiger partial charge < -0.3 is 5.11 Å². The van der Waals surface area contributed by atoms with Crippen molar-refractivity contribution < 1.29 is 9.90 Å². The Labute approximate surface area is 139 Å². The molecule has 1 aliphatic rings. The molecule has 0 aliphatic heterocycles. The summed E-state index contributed by atoms with van der Waals surface area (Å²) >= 11 is 1.60. The number of hydrogen-bond acceptors (Lipinski definition) is 4. The van der Waals surface area contributed by atoms with E-state index < -0.39 is 11.5 Å². The quantitative estimate of drug-likeness (QED) is 0.935. The van der Waals surface area contributed by atoms with Crippen LogP contribution < -0.4 is 5.56 Å². The number of fused-ring (bicyclic) bond motifs is 3. The molecule has 6 heteroatoms. The number of rotatable bonds is 3. The van der Waals surface area contributed by atoms with Gasteiger partial charge in [-0.3, -0.25) is 9.36 Å². The second-order valence-electron chi connectivity index (χ2n) is 7.02. The van der Waals surface area contributed by atoms with Crippen LogP contribution in [0.15, 0.2) is 4.79 Å². The number of nitrogens with zero attached hydrogens (tertiary/aromatic N) is 2. The molecule has 124 valence electrons. The standard InChI is InChI=1S/C17H22N2O3S/c1-9(2)13-18-14-12(10-7-5-6-8-11(10)23-14)15(20)19(13)17(3,4)16(21)22/h9H,5-8H2,1-4H3,(H,21,22). The topological polar surface area (TPSA) is 72.2 Å². The van der Waals surface area contributed by atoms with Crippen LogP contribution >= 0.6 is 11.3 Å². The molecule has 0 fully saturated rings. The molecule has 2 aromatic heterocycles. The largest absolute Gasteiger partial charge is 0.480 e. The van der Waals surface area contributed by atoms with Gasteiger partial charge in [-0.2, -0.15) is 0 Å². The van der Waals surface area contributed by atoms with Crippen molar-refractivity contribution in [3.05, 3.63) is 26.6 Å². The molecule has 1 aliphatic carbocycles. The second-order valence-corrected chi connectivity index (χ2v) is 8.10. The zero-order chi connectivity index (χ0) is 16.9. The molecule has 0 spiro atoms. The van der Waals surface area contributed by atoms with Crippen LogP contribution in [-0.4, -0.2) is 20.6 Å². The SMILES string of the molecule is CC(C)c1nc2sc3c(c2c(=O)n1C(C)(C)C(=O)O)CCCC3. The van der Waals surface area contributed by atoms with E-state index in [2.05, 4.69) is 0 Å². The van der Waals surface area contributed by atoms with Crippen molar-refractivity contribution in [2.45, 2.75) is 64.8 Å². The number of aromatic nitrogens is 2. The van der Waals surface area contributed by atoms with E-state index in [1.54, 1.807) is 25.2 Å². The average molecular weight is 334 g/mol. The molecule has 0 saturated carbocycles. The highest BCUT2D eigenvalue weighted by Gasteiger charge is 2.35. The van der Waals surface area contributed by atoms with E-state index in [0.29, 0.717) is 11.2 Å². The summed E-state index contributed by atoms with van der Waals surface area (Å²) in [6.07, 6.45) is 4.11. The fourth-order valence-electron chi connectivity index (χ4n) is 3.24. The Bertz CT molecular complexity index is 846. The molecular weight excluding hydrogens is 312 g/mol. The molecule has 0 atom stereocenters. The monoisotopic (exact) mass is 334 g/mol. The highest BCUT2D eigenvalue weighted by atomic mass is 32.1. The lowest BCUT2D eigenvalue weighted by molar-refractivity contribution is -0.146. The Morgan fingerprint density at radius 2 is 1.96 bits per heavy atom. The first-order valence-electron chi connectivity index (χ1n) is 8.06. The number of carboxylic acids is 1. The molecule has 0 unspecified atom stereocenters. The van der Waals surface area contributed by atoms with Crippen LogP contribution in [0.3, 0.4) is 0 Å². The van der Waals surface area contributed by atoms with E-state index in [1.165, 1.54) is 9.44 Å². The Balaban J connectivity index is 2.42. The van der Waals surface area contributed by atoms with Gasteiger partial charge >= 0.3 is 5.97 Å². The molecule has 0 saturated heterocycles. The molecule has 23 heavy (non-hydrogen) atoms. The lowest BCUT2D eigenvalue weighted by Crippen LogP contribution is -2.45. The molecule has 0 radical (unpaired) electrons. The molecule has 3 rings (SSSR count). The third-order valence-corrected chi connectivity index (χ3v) is 5.80. The summed E-state index contributed by atoms with van der Waals surface area (Å²) in [6, 6.07) is 0. The van der Waals surface area contributed by atoms with E-state index >= 15 is 0 Å². The molecule has 2 aromatic rings. The fraction of sp³-hybridized carbons (Fsp3) is 0.588. The summed E-state index contributed by atoms with van der Waals surface area (Å²) in [5, 5.41) is 10.2. The maximum absolute atomic E-state index is 13.2. The zero-order valence-electron chi connectivity index (χ0n) is 14.0. The number of carbonyl (C=O) groups is 1. The predicted octanol–water partition coefficient (Wildman–Crippen LogP) is 3.28. The van der Waals surface area contributed by atoms with Gasteiger partial charge in [0.2, 0.25) is 0 Å². The van der Waals surface area contributed by atoms with Gasteiger partial charge in [0.25, 0.3) is 5.56 Å². The summed E-state index contributed by atoms with van der Waals surface area (Å²) in [5.74, 6) is -0.495. The van der Waals surface area contributed by atoms with Crippen molar-refractivity contribution >= 4 is 27.5 Å². The van der Waals surface area contributed by atoms with Gasteiger partial charge in [0.15, 0.2) is 0 Å². The molecule has 0 bridgehead atoms. The molecule has 0 aromatic carbocycles. The van der Waals surface area contributed by atoms with Gasteiger partial charge in [0.1, 0.15) is 16.2 Å². The smallest absolute Gasteiger partial charge is 0.329 e. The summed E-state index contributed by atoms with van der Waals surface area (Å²) in [4.78, 5) is 31.7. The normalized spacial score (nSPS) is 15.2. The molecular formula is C17H22N2O3S. The van der Waals surface area contributed by atoms with Crippen molar-refractivity contribution in [3.63, 3.8) is 0 Å². The van der Waals surface area contributed by atoms with E-state index in [4.69, 9.17) is 4.98 Å². The number of carboxylic acid groups (broad SMARTS) is 1. The van der Waals surface area contributed by atoms with Crippen molar-refractivity contribution in [1.29, 1.82) is 0 Å². The van der Waals surface area contributed by atoms with E-state index in [-0.39, 0.29) is 11.5 Å². The lowest BCUT2D eigenvalue weighted by atomic mass is 9.96. The first kappa shape index (κ1) is 16.2. The van der Waals surface area contributed by atoms with Crippen molar-refractivity contribution in [2.75, 3.05) is 0 Å². The maximum atomic E-state index is 13.2. The third kappa shape index (κ3) is 2.40. The number of aliphatic carboxylic acids is 1. The first-order valence-corrected chi connectivity index (χ1v) is 8.88. The Kier molecular flexibility index (Phi) is 3.83. The minimum atomic E-state index is -1.32. The highest BCUT2D eigenvalue weighted by molar-refractivity contribution is 7.18. The van der Waals surface area contributed by atoms with Gasteiger partial charge in [0, 0.05) is 10.8 Å². The zero-order valence-corrected chi connectivity index (χ0v) is 14.8. The second kappa shape index (κ2) is 5.44. The van der Waals surface area contributed by atoms with Crippen LogP contribution in [0.2, 0.25) is 0 Å². The number of aryl methyl sites for hydroxylation is 2. The Morgan fingerprint density at radius 1 is 1.30 bits per heavy atom. The number of thiophene rings is 1. The average Bonchev–Trinajstić information content (AvgIpc) is 2.84. The molecule has 2 heterocycles. The summed E-state index contributed by atoms with van der Waals surface area (Å²) in [5.41, 5.74) is -0.425. The van der Waals surface area contributed by atoms with Crippen molar-refractivity contribution in [2.24, 2.45) is 0 Å². The third-order valence-electron chi connectivity index (χ3n) is 4.61. The van der Waals surface area contributed by atoms with E-state index in [0.717, 1.165) is 36.1 Å². The van der Waals surface area contributed by atoms with Crippen LogP contribution in [0.5, 0.6) is 0 Å². The van der Waals surface area contributed by atoms with E-state index in [1.807, 2.05) is 13.8 Å². The Morgan fingerprint density at radius 3 is 2.57 bits per heavy atom. The van der Waals surface area contributed by atoms with Gasteiger partial charge in [-0.1, -0.05) is 13.8 Å². The molecule has 0 amide bonds. The van der Waals surface area contributed by atoms with Crippen LogP contribution in [0.1, 0.15) is 62.7 Å². The first-order chi connectivity index (χ1) is 10.7. The lowest BCUT2D eigenvalue weighted by Gasteiger charge is -2.27. The van der Waals surface area contributed by atoms with Crippen LogP contribution in [0.4, 0.5) is 0 Å². The predicted molar refractivity (Wildman–Crippen MR) is 91.6 cm³/mol. The summed E-state index contributed by atoms with van der Waals surface area (Å²) in [7, 11) is 0. The number of hydrogen-bond donors (Lipinski definition) is 1. The highest BCUT2D eigenvalue weighted by Crippen LogP contribution is 2.35.